The van der Waals surface area contributed by atoms with E-state index in [1.165, 1.54) is 12.1 Å². The molecule has 0 radical (unpaired) electrons. The molecule has 144 valence electrons. The van der Waals surface area contributed by atoms with E-state index in [-0.39, 0.29) is 40.1 Å². The van der Waals surface area contributed by atoms with E-state index < -0.39 is 29.4 Å². The van der Waals surface area contributed by atoms with Gasteiger partial charge in [-0.25, -0.2) is 4.79 Å². The van der Waals surface area contributed by atoms with Gasteiger partial charge in [-0.3, -0.25) is 0 Å². The highest BCUT2D eigenvalue weighted by Crippen LogP contribution is 2.46. The van der Waals surface area contributed by atoms with Gasteiger partial charge in [-0.2, -0.15) is 26.3 Å². The average Bonchev–Trinajstić information content (AvgIpc) is 2.98. The van der Waals surface area contributed by atoms with Gasteiger partial charge in [-0.15, -0.1) is 0 Å². The molecular formula is C20H10F6O2. The maximum absolute atomic E-state index is 13.7. The summed E-state index contributed by atoms with van der Waals surface area (Å²) in [5, 5.41) is -0.706. The van der Waals surface area contributed by atoms with Gasteiger partial charge in [0.2, 0.25) is 0 Å². The van der Waals surface area contributed by atoms with Crippen molar-refractivity contribution in [2.45, 2.75) is 19.0 Å². The van der Waals surface area contributed by atoms with Gasteiger partial charge in [0.1, 0.15) is 6.61 Å². The summed E-state index contributed by atoms with van der Waals surface area (Å²) in [4.78, 5) is 12.0. The number of ether oxygens (including phenoxy) is 1. The zero-order valence-corrected chi connectivity index (χ0v) is 13.9. The van der Waals surface area contributed by atoms with Crippen LogP contribution in [0.5, 0.6) is 0 Å². The van der Waals surface area contributed by atoms with Crippen molar-refractivity contribution in [3.05, 3.63) is 70.8 Å². The average molecular weight is 396 g/mol. The molecule has 0 bridgehead atoms. The number of hydrogen-bond donors (Lipinski definition) is 0. The van der Waals surface area contributed by atoms with Crippen LogP contribution in [0, 0.1) is 0 Å². The summed E-state index contributed by atoms with van der Waals surface area (Å²) in [6, 6.07) is 9.69. The minimum atomic E-state index is -5.03. The summed E-state index contributed by atoms with van der Waals surface area (Å²) in [6.45, 7) is -0.243. The fraction of sp³-hybridized carbons (Fsp3) is 0.150. The Bertz CT molecular complexity index is 1100. The lowest BCUT2D eigenvalue weighted by atomic mass is 9.87. The third kappa shape index (κ3) is 2.89. The first-order valence-electron chi connectivity index (χ1n) is 8.08. The van der Waals surface area contributed by atoms with Crippen molar-refractivity contribution in [1.29, 1.82) is 0 Å². The van der Waals surface area contributed by atoms with Crippen molar-refractivity contribution in [3.8, 4) is 11.1 Å². The molecule has 8 heteroatoms. The minimum Gasteiger partial charge on any atom is -0.457 e. The first-order chi connectivity index (χ1) is 13.1. The number of benzene rings is 3. The number of alkyl halides is 6. The molecule has 0 saturated carbocycles. The van der Waals surface area contributed by atoms with E-state index in [0.717, 1.165) is 6.07 Å². The molecule has 0 N–H and O–H groups in total. The van der Waals surface area contributed by atoms with Crippen LogP contribution in [-0.4, -0.2) is 5.97 Å². The van der Waals surface area contributed by atoms with Gasteiger partial charge < -0.3 is 4.74 Å². The Kier molecular flexibility index (Phi) is 3.92. The van der Waals surface area contributed by atoms with Crippen LogP contribution in [-0.2, 0) is 23.7 Å². The second-order valence-electron chi connectivity index (χ2n) is 6.34. The van der Waals surface area contributed by atoms with Gasteiger partial charge in [0.15, 0.2) is 0 Å². The third-order valence-corrected chi connectivity index (χ3v) is 4.61. The Balaban J connectivity index is 2.22. The van der Waals surface area contributed by atoms with Crippen LogP contribution in [0.25, 0.3) is 21.9 Å². The first kappa shape index (κ1) is 18.3. The van der Waals surface area contributed by atoms with E-state index in [1.807, 2.05) is 0 Å². The first-order valence-corrected chi connectivity index (χ1v) is 8.08. The monoisotopic (exact) mass is 396 g/mol. The largest absolute Gasteiger partial charge is 0.457 e. The highest BCUT2D eigenvalue weighted by molar-refractivity contribution is 6.08. The van der Waals surface area contributed by atoms with Crippen molar-refractivity contribution < 1.29 is 35.9 Å². The molecule has 0 unspecified atom stereocenters. The number of hydrogen-bond acceptors (Lipinski definition) is 2. The number of carbonyl (C=O) groups is 1. The molecule has 0 aromatic heterocycles. The standard InChI is InChI=1S/C20H10F6O2/c21-19(22,23)12-6-11-7-13-14(9-28-18(13)27)16(10-4-2-1-3-5-10)17(11)15(8-12)20(24,25)26/h1-8H,9H2. The lowest BCUT2D eigenvalue weighted by Crippen LogP contribution is -2.12. The minimum absolute atomic E-state index is 0.0289. The van der Waals surface area contributed by atoms with Crippen molar-refractivity contribution in [3.63, 3.8) is 0 Å². The number of cyclic esters (lactones) is 1. The maximum Gasteiger partial charge on any atom is 0.417 e. The molecule has 0 spiro atoms. The molecule has 4 rings (SSSR count). The van der Waals surface area contributed by atoms with Crippen molar-refractivity contribution >= 4 is 16.7 Å². The SMILES string of the molecule is O=C1OCc2c1cc1cc(C(F)(F)F)cc(C(F)(F)F)c1c2-c1ccccc1. The van der Waals surface area contributed by atoms with Gasteiger partial charge in [0, 0.05) is 10.9 Å². The molecule has 0 aliphatic carbocycles. The molecule has 1 heterocycles. The Hall–Kier alpha value is -3.03. The zero-order chi connectivity index (χ0) is 20.3. The van der Waals surface area contributed by atoms with Crippen LogP contribution < -0.4 is 0 Å². The Morgan fingerprint density at radius 3 is 2.14 bits per heavy atom. The highest BCUT2D eigenvalue weighted by atomic mass is 19.4. The van der Waals surface area contributed by atoms with Gasteiger partial charge in [-0.05, 0) is 34.7 Å². The van der Waals surface area contributed by atoms with Gasteiger partial charge in [0.25, 0.3) is 0 Å². The fourth-order valence-electron chi connectivity index (χ4n) is 3.44. The number of fused-ring (bicyclic) bond motifs is 2. The summed E-state index contributed by atoms with van der Waals surface area (Å²) in [5.74, 6) is -0.778. The molecule has 0 saturated heterocycles. The van der Waals surface area contributed by atoms with Crippen LogP contribution in [0.15, 0.2) is 48.5 Å². The zero-order valence-electron chi connectivity index (χ0n) is 13.9. The van der Waals surface area contributed by atoms with E-state index in [9.17, 15) is 31.1 Å². The highest BCUT2D eigenvalue weighted by Gasteiger charge is 2.40. The molecule has 3 aromatic carbocycles. The second kappa shape index (κ2) is 5.98. The van der Waals surface area contributed by atoms with Gasteiger partial charge >= 0.3 is 18.3 Å². The lowest BCUT2D eigenvalue weighted by Gasteiger charge is -2.19. The fourth-order valence-corrected chi connectivity index (χ4v) is 3.44. The van der Waals surface area contributed by atoms with Gasteiger partial charge in [0.05, 0.1) is 16.7 Å². The summed E-state index contributed by atoms with van der Waals surface area (Å²) in [6.07, 6.45) is -10.00. The Morgan fingerprint density at radius 1 is 0.857 bits per heavy atom. The van der Waals surface area contributed by atoms with Crippen molar-refractivity contribution in [2.75, 3.05) is 0 Å². The van der Waals surface area contributed by atoms with E-state index in [0.29, 0.717) is 11.6 Å². The quantitative estimate of drug-likeness (QED) is 0.361. The normalized spacial score (nSPS) is 14.3. The predicted molar refractivity (Wildman–Crippen MR) is 88.5 cm³/mol. The maximum atomic E-state index is 13.7. The van der Waals surface area contributed by atoms with Gasteiger partial charge in [-0.1, -0.05) is 30.3 Å². The Labute approximate surface area is 154 Å². The molecule has 1 aliphatic heterocycles. The van der Waals surface area contributed by atoms with Crippen LogP contribution in [0.4, 0.5) is 26.3 Å². The molecule has 28 heavy (non-hydrogen) atoms. The van der Waals surface area contributed by atoms with Crippen molar-refractivity contribution in [1.82, 2.24) is 0 Å². The topological polar surface area (TPSA) is 26.3 Å². The molecule has 0 amide bonds. The van der Waals surface area contributed by atoms with E-state index in [2.05, 4.69) is 0 Å². The van der Waals surface area contributed by atoms with Crippen LogP contribution >= 0.6 is 0 Å². The van der Waals surface area contributed by atoms with Crippen LogP contribution in [0.3, 0.4) is 0 Å². The van der Waals surface area contributed by atoms with Crippen LogP contribution in [0.2, 0.25) is 0 Å². The molecule has 0 fully saturated rings. The third-order valence-electron chi connectivity index (χ3n) is 4.61. The van der Waals surface area contributed by atoms with E-state index in [4.69, 9.17) is 4.74 Å². The lowest BCUT2D eigenvalue weighted by molar-refractivity contribution is -0.142. The summed E-state index contributed by atoms with van der Waals surface area (Å²) >= 11 is 0. The molecule has 0 atom stereocenters. The number of carbonyl (C=O) groups excluding carboxylic acids is 1. The number of esters is 1. The Morgan fingerprint density at radius 2 is 1.54 bits per heavy atom. The smallest absolute Gasteiger partial charge is 0.417 e. The summed E-state index contributed by atoms with van der Waals surface area (Å²) in [7, 11) is 0. The summed E-state index contributed by atoms with van der Waals surface area (Å²) < 4.78 is 85.8. The molecular weight excluding hydrogens is 386 g/mol. The summed E-state index contributed by atoms with van der Waals surface area (Å²) in [5.41, 5.74) is -2.23. The van der Waals surface area contributed by atoms with E-state index >= 15 is 0 Å². The predicted octanol–water partition coefficient (Wildman–Crippen LogP) is 6.21. The van der Waals surface area contributed by atoms with Crippen LogP contribution in [0.1, 0.15) is 27.0 Å². The second-order valence-corrected chi connectivity index (χ2v) is 6.34. The molecule has 1 aliphatic rings. The number of halogens is 6. The van der Waals surface area contributed by atoms with Crippen molar-refractivity contribution in [2.24, 2.45) is 0 Å². The molecule has 2 nitrogen and oxygen atoms in total. The molecule has 3 aromatic rings. The number of rotatable bonds is 1. The van der Waals surface area contributed by atoms with E-state index in [1.54, 1.807) is 18.2 Å².